The molecule has 0 saturated heterocycles. The van der Waals surface area contributed by atoms with Crippen molar-refractivity contribution in [3.8, 4) is 16.9 Å². The molecule has 0 radical (unpaired) electrons. The summed E-state index contributed by atoms with van der Waals surface area (Å²) in [7, 11) is -0.0709. The molecule has 1 unspecified atom stereocenters. The van der Waals surface area contributed by atoms with Crippen LogP contribution in [0.2, 0.25) is 0 Å². The van der Waals surface area contributed by atoms with Gasteiger partial charge >= 0.3 is 0 Å². The van der Waals surface area contributed by atoms with Gasteiger partial charge in [0.15, 0.2) is 0 Å². The highest BCUT2D eigenvalue weighted by Crippen LogP contribution is 2.31. The fourth-order valence-corrected chi connectivity index (χ4v) is 4.93. The lowest BCUT2D eigenvalue weighted by Gasteiger charge is -2.22. The molecule has 0 aliphatic carbocycles. The third-order valence-corrected chi connectivity index (χ3v) is 7.14. The monoisotopic (exact) mass is 512 g/mol. The molecular weight excluding hydrogens is 486 g/mol. The summed E-state index contributed by atoms with van der Waals surface area (Å²) in [6.45, 7) is 2.52. The van der Waals surface area contributed by atoms with Crippen molar-refractivity contribution < 1.29 is 27.3 Å². The molecule has 1 N–H and O–H groups in total. The van der Waals surface area contributed by atoms with Crippen LogP contribution in [0.1, 0.15) is 38.8 Å². The molecule has 1 aliphatic rings. The Balaban J connectivity index is 1.66. The molecule has 3 aromatic carbocycles. The van der Waals surface area contributed by atoms with Crippen LogP contribution in [0, 0.1) is 11.6 Å². The maximum absolute atomic E-state index is 15.0. The van der Waals surface area contributed by atoms with Gasteiger partial charge in [0.25, 0.3) is 11.8 Å². The summed E-state index contributed by atoms with van der Waals surface area (Å²) in [5.41, 5.74) is 2.41. The van der Waals surface area contributed by atoms with E-state index >= 15 is 0 Å². The van der Waals surface area contributed by atoms with E-state index in [1.807, 2.05) is 6.07 Å². The van der Waals surface area contributed by atoms with E-state index in [4.69, 9.17) is 4.74 Å². The normalized spacial score (nSPS) is 13.9. The van der Waals surface area contributed by atoms with Crippen molar-refractivity contribution in [1.29, 1.82) is 0 Å². The van der Waals surface area contributed by atoms with Gasteiger partial charge in [0.1, 0.15) is 24.0 Å². The fourth-order valence-electron chi connectivity index (χ4n) is 4.30. The first-order chi connectivity index (χ1) is 17.2. The van der Waals surface area contributed by atoms with Gasteiger partial charge in [0, 0.05) is 36.5 Å². The molecule has 0 spiro atoms. The summed E-state index contributed by atoms with van der Waals surface area (Å²) >= 11 is 0. The molecule has 0 saturated carbocycles. The van der Waals surface area contributed by atoms with Crippen LogP contribution >= 0.6 is 0 Å². The smallest absolute Gasteiger partial charge is 0.254 e. The zero-order valence-corrected chi connectivity index (χ0v) is 21.0. The number of nitrogens with zero attached hydrogens (tertiary/aromatic N) is 1. The second kappa shape index (κ2) is 10.6. The summed E-state index contributed by atoms with van der Waals surface area (Å²) in [5, 5.41) is 2.41. The Labute approximate surface area is 210 Å². The molecule has 1 heterocycles. The summed E-state index contributed by atoms with van der Waals surface area (Å²) in [6, 6.07) is 12.7. The first-order valence-corrected chi connectivity index (χ1v) is 13.0. The fraction of sp³-hybridized carbons (Fsp3) is 0.259. The molecule has 2 amide bonds. The lowest BCUT2D eigenvalue weighted by Crippen LogP contribution is -2.33. The van der Waals surface area contributed by atoms with Crippen LogP contribution in [-0.2, 0) is 23.8 Å². The van der Waals surface area contributed by atoms with Crippen molar-refractivity contribution in [3.05, 3.63) is 82.4 Å². The van der Waals surface area contributed by atoms with Crippen molar-refractivity contribution >= 4 is 22.6 Å². The lowest BCUT2D eigenvalue weighted by atomic mass is 9.99. The number of rotatable bonds is 5. The highest BCUT2D eigenvalue weighted by Gasteiger charge is 2.26. The maximum Gasteiger partial charge on any atom is 0.254 e. The van der Waals surface area contributed by atoms with Gasteiger partial charge in [-0.25, -0.2) is 8.78 Å². The number of ether oxygens (including phenoxy) is 1. The number of nitrogens with one attached hydrogen (secondary N) is 1. The topological polar surface area (TPSA) is 75.7 Å². The zero-order valence-electron chi connectivity index (χ0n) is 20.2. The summed E-state index contributed by atoms with van der Waals surface area (Å²) in [6.07, 6.45) is 1.68. The predicted octanol–water partition coefficient (Wildman–Crippen LogP) is 4.33. The Kier molecular flexibility index (Phi) is 7.49. The van der Waals surface area contributed by atoms with Crippen LogP contribution in [0.5, 0.6) is 5.75 Å². The highest BCUT2D eigenvalue weighted by molar-refractivity contribution is 7.84. The van der Waals surface area contributed by atoms with Crippen LogP contribution in [0.4, 0.5) is 8.78 Å². The number of amides is 2. The van der Waals surface area contributed by atoms with Gasteiger partial charge in [-0.15, -0.1) is 0 Å². The van der Waals surface area contributed by atoms with E-state index < -0.39 is 28.3 Å². The average molecular weight is 513 g/mol. The Bertz CT molecular complexity index is 1380. The van der Waals surface area contributed by atoms with Gasteiger partial charge in [-0.2, -0.15) is 0 Å². The second-order valence-electron chi connectivity index (χ2n) is 8.38. The van der Waals surface area contributed by atoms with E-state index in [-0.39, 0.29) is 47.1 Å². The maximum atomic E-state index is 15.0. The third-order valence-electron chi connectivity index (χ3n) is 6.20. The number of carbonyl (C=O) groups excluding carboxylic acids is 2. The Hall–Kier alpha value is -3.59. The Morgan fingerprint density at radius 3 is 2.42 bits per heavy atom. The number of halogens is 2. The Morgan fingerprint density at radius 2 is 1.75 bits per heavy atom. The average Bonchev–Trinajstić information content (AvgIpc) is 3.09. The van der Waals surface area contributed by atoms with Crippen molar-refractivity contribution in [2.45, 2.75) is 24.8 Å². The molecule has 188 valence electrons. The first kappa shape index (κ1) is 25.5. The van der Waals surface area contributed by atoms with E-state index in [0.29, 0.717) is 23.4 Å². The highest BCUT2D eigenvalue weighted by atomic mass is 32.2. The molecule has 36 heavy (non-hydrogen) atoms. The molecule has 9 heteroatoms. The number of benzene rings is 3. The zero-order chi connectivity index (χ0) is 26.0. The molecule has 6 nitrogen and oxygen atoms in total. The standard InChI is InChI=1S/C27H26F2N2O4S/c1-4-19-20(8-10-24(25(19)29)36(3)34)27(33)31-11-12-35-23-9-6-16(13-18(23)15-31)17-5-7-21(22(28)14-17)26(32)30-2/h5-10,13-14H,4,11-12,15H2,1-3H3,(H,30,32). The number of carbonyl (C=O) groups is 2. The summed E-state index contributed by atoms with van der Waals surface area (Å²) in [5.74, 6) is -1.50. The van der Waals surface area contributed by atoms with Gasteiger partial charge < -0.3 is 15.0 Å². The van der Waals surface area contributed by atoms with Gasteiger partial charge in [-0.1, -0.05) is 19.1 Å². The SMILES string of the molecule is CCc1c(C(=O)N2CCOc3ccc(-c4ccc(C(=O)NC)c(F)c4)cc3C2)ccc(S(C)=O)c1F. The minimum Gasteiger partial charge on any atom is -0.491 e. The van der Waals surface area contributed by atoms with Crippen LogP contribution in [0.15, 0.2) is 53.4 Å². The summed E-state index contributed by atoms with van der Waals surface area (Å²) < 4.78 is 47.2. The van der Waals surface area contributed by atoms with Crippen molar-refractivity contribution in [1.82, 2.24) is 10.2 Å². The minimum absolute atomic E-state index is 0.0481. The van der Waals surface area contributed by atoms with E-state index in [2.05, 4.69) is 5.32 Å². The molecule has 0 bridgehead atoms. The lowest BCUT2D eigenvalue weighted by molar-refractivity contribution is 0.0731. The van der Waals surface area contributed by atoms with E-state index in [1.165, 1.54) is 37.6 Å². The second-order valence-corrected chi connectivity index (χ2v) is 9.73. The minimum atomic E-state index is -1.51. The number of hydrogen-bond acceptors (Lipinski definition) is 4. The quantitative estimate of drug-likeness (QED) is 0.552. The van der Waals surface area contributed by atoms with E-state index in [9.17, 15) is 22.6 Å². The Morgan fingerprint density at radius 1 is 1.06 bits per heavy atom. The van der Waals surface area contributed by atoms with Crippen LogP contribution < -0.4 is 10.1 Å². The van der Waals surface area contributed by atoms with E-state index in [1.54, 1.807) is 30.0 Å². The predicted molar refractivity (Wildman–Crippen MR) is 134 cm³/mol. The molecule has 1 atom stereocenters. The molecule has 1 aliphatic heterocycles. The van der Waals surface area contributed by atoms with Crippen LogP contribution in [0.25, 0.3) is 11.1 Å². The molecule has 0 fully saturated rings. The third kappa shape index (κ3) is 4.88. The van der Waals surface area contributed by atoms with Gasteiger partial charge in [-0.05, 0) is 53.9 Å². The summed E-state index contributed by atoms with van der Waals surface area (Å²) in [4.78, 5) is 26.9. The first-order valence-electron chi connectivity index (χ1n) is 11.5. The van der Waals surface area contributed by atoms with Gasteiger partial charge in [0.05, 0.1) is 27.8 Å². The van der Waals surface area contributed by atoms with Gasteiger partial charge in [0.2, 0.25) is 0 Å². The van der Waals surface area contributed by atoms with Crippen molar-refractivity contribution in [2.75, 3.05) is 26.5 Å². The number of fused-ring (bicyclic) bond motifs is 1. The van der Waals surface area contributed by atoms with E-state index in [0.717, 1.165) is 5.56 Å². The number of hydrogen-bond donors (Lipinski definition) is 1. The molecular formula is C27H26F2N2O4S. The largest absolute Gasteiger partial charge is 0.491 e. The van der Waals surface area contributed by atoms with Crippen molar-refractivity contribution in [3.63, 3.8) is 0 Å². The van der Waals surface area contributed by atoms with Crippen LogP contribution in [-0.4, -0.2) is 47.4 Å². The molecule has 0 aromatic heterocycles. The van der Waals surface area contributed by atoms with Gasteiger partial charge in [-0.3, -0.25) is 13.8 Å². The van der Waals surface area contributed by atoms with Crippen LogP contribution in [0.3, 0.4) is 0 Å². The molecule has 4 rings (SSSR count). The van der Waals surface area contributed by atoms with Crippen molar-refractivity contribution in [2.24, 2.45) is 0 Å². The molecule has 3 aromatic rings.